The van der Waals surface area contributed by atoms with Gasteiger partial charge in [-0.15, -0.1) is 0 Å². The lowest BCUT2D eigenvalue weighted by molar-refractivity contribution is 0.276. The van der Waals surface area contributed by atoms with Crippen molar-refractivity contribution in [1.29, 1.82) is 0 Å². The van der Waals surface area contributed by atoms with Crippen molar-refractivity contribution in [2.45, 2.75) is 39.0 Å². The van der Waals surface area contributed by atoms with Gasteiger partial charge in [0.05, 0.1) is 0 Å². The minimum Gasteiger partial charge on any atom is -0.330 e. The molecule has 0 aromatic carbocycles. The lowest BCUT2D eigenvalue weighted by Gasteiger charge is -2.30. The summed E-state index contributed by atoms with van der Waals surface area (Å²) in [7, 11) is -3.29. The Bertz CT molecular complexity index is 379. The van der Waals surface area contributed by atoms with E-state index in [-0.39, 0.29) is 5.41 Å². The Morgan fingerprint density at radius 3 is 2.72 bits per heavy atom. The summed E-state index contributed by atoms with van der Waals surface area (Å²) in [6, 6.07) is 0. The standard InChI is InChI=1S/C12H25N3O2S/c1-11-3-2-8-15(9-11)18(16,17)14-10-12(4-5-12)6-7-13/h11,14H,2-10,13H2,1H3. The summed E-state index contributed by atoms with van der Waals surface area (Å²) in [6.07, 6.45) is 5.22. The van der Waals surface area contributed by atoms with Crippen LogP contribution >= 0.6 is 0 Å². The van der Waals surface area contributed by atoms with Gasteiger partial charge in [-0.2, -0.15) is 12.7 Å². The third kappa shape index (κ3) is 3.44. The zero-order valence-electron chi connectivity index (χ0n) is 11.2. The molecule has 1 saturated carbocycles. The van der Waals surface area contributed by atoms with E-state index in [1.807, 2.05) is 0 Å². The van der Waals surface area contributed by atoms with E-state index in [0.717, 1.165) is 32.1 Å². The molecule has 0 aromatic rings. The monoisotopic (exact) mass is 275 g/mol. The fourth-order valence-corrected chi connectivity index (χ4v) is 4.19. The Labute approximate surface area is 110 Å². The Balaban J connectivity index is 1.87. The Morgan fingerprint density at radius 1 is 1.44 bits per heavy atom. The highest BCUT2D eigenvalue weighted by Crippen LogP contribution is 2.47. The highest BCUT2D eigenvalue weighted by atomic mass is 32.2. The van der Waals surface area contributed by atoms with Gasteiger partial charge >= 0.3 is 0 Å². The normalized spacial score (nSPS) is 28.2. The Kier molecular flexibility index (Phi) is 4.31. The van der Waals surface area contributed by atoms with E-state index in [1.165, 1.54) is 0 Å². The molecule has 1 saturated heterocycles. The Hall–Kier alpha value is -0.170. The van der Waals surface area contributed by atoms with Crippen LogP contribution in [-0.4, -0.2) is 38.9 Å². The largest absolute Gasteiger partial charge is 0.330 e. The number of nitrogens with one attached hydrogen (secondary N) is 1. The average molecular weight is 275 g/mol. The predicted molar refractivity (Wildman–Crippen MR) is 72.2 cm³/mol. The molecule has 18 heavy (non-hydrogen) atoms. The van der Waals surface area contributed by atoms with E-state index >= 15 is 0 Å². The average Bonchev–Trinajstić information content (AvgIpc) is 3.08. The first-order valence-corrected chi connectivity index (χ1v) is 8.36. The van der Waals surface area contributed by atoms with Gasteiger partial charge in [-0.05, 0) is 50.0 Å². The molecule has 1 aliphatic carbocycles. The summed E-state index contributed by atoms with van der Waals surface area (Å²) in [6.45, 7) is 4.61. The first-order valence-electron chi connectivity index (χ1n) is 6.92. The minimum absolute atomic E-state index is 0.156. The molecule has 1 unspecified atom stereocenters. The van der Waals surface area contributed by atoms with Crippen LogP contribution in [0.5, 0.6) is 0 Å². The first kappa shape index (κ1) is 14.2. The van der Waals surface area contributed by atoms with Gasteiger partial charge in [0.1, 0.15) is 0 Å². The predicted octanol–water partition coefficient (Wildman–Crippen LogP) is 0.682. The van der Waals surface area contributed by atoms with Crippen molar-refractivity contribution < 1.29 is 8.42 Å². The van der Waals surface area contributed by atoms with Gasteiger partial charge in [-0.3, -0.25) is 0 Å². The fourth-order valence-electron chi connectivity index (χ4n) is 2.70. The molecule has 2 fully saturated rings. The molecule has 1 aliphatic heterocycles. The fraction of sp³-hybridized carbons (Fsp3) is 1.00. The number of piperidine rings is 1. The van der Waals surface area contributed by atoms with Crippen LogP contribution in [0.3, 0.4) is 0 Å². The molecular weight excluding hydrogens is 250 g/mol. The molecule has 1 atom stereocenters. The smallest absolute Gasteiger partial charge is 0.279 e. The molecule has 0 spiro atoms. The van der Waals surface area contributed by atoms with Crippen LogP contribution in [0.1, 0.15) is 39.0 Å². The van der Waals surface area contributed by atoms with Crippen LogP contribution in [0.25, 0.3) is 0 Å². The highest BCUT2D eigenvalue weighted by Gasteiger charge is 2.42. The van der Waals surface area contributed by atoms with Crippen LogP contribution in [-0.2, 0) is 10.2 Å². The SMILES string of the molecule is CC1CCCN(S(=O)(=O)NCC2(CCN)CC2)C1. The molecule has 6 heteroatoms. The number of hydrogen-bond donors (Lipinski definition) is 2. The first-order chi connectivity index (χ1) is 8.47. The molecule has 0 radical (unpaired) electrons. The molecule has 106 valence electrons. The van der Waals surface area contributed by atoms with Crippen LogP contribution in [0.15, 0.2) is 0 Å². The third-order valence-electron chi connectivity index (χ3n) is 4.22. The van der Waals surface area contributed by atoms with E-state index in [4.69, 9.17) is 5.73 Å². The second kappa shape index (κ2) is 5.45. The molecule has 2 aliphatic rings. The van der Waals surface area contributed by atoms with Gasteiger partial charge in [-0.1, -0.05) is 6.92 Å². The van der Waals surface area contributed by atoms with Crippen molar-refractivity contribution in [1.82, 2.24) is 9.03 Å². The van der Waals surface area contributed by atoms with Crippen molar-refractivity contribution in [3.8, 4) is 0 Å². The maximum Gasteiger partial charge on any atom is 0.279 e. The van der Waals surface area contributed by atoms with Crippen molar-refractivity contribution in [2.75, 3.05) is 26.2 Å². The van der Waals surface area contributed by atoms with Crippen molar-refractivity contribution >= 4 is 10.2 Å². The van der Waals surface area contributed by atoms with Crippen LogP contribution < -0.4 is 10.5 Å². The van der Waals surface area contributed by atoms with E-state index in [0.29, 0.717) is 32.1 Å². The highest BCUT2D eigenvalue weighted by molar-refractivity contribution is 7.87. The van der Waals surface area contributed by atoms with Crippen molar-refractivity contribution in [3.05, 3.63) is 0 Å². The van der Waals surface area contributed by atoms with Gasteiger partial charge in [-0.25, -0.2) is 4.72 Å². The molecule has 0 amide bonds. The van der Waals surface area contributed by atoms with Gasteiger partial charge in [0.15, 0.2) is 0 Å². The topological polar surface area (TPSA) is 75.4 Å². The molecule has 3 N–H and O–H groups in total. The summed E-state index contributed by atoms with van der Waals surface area (Å²) in [5.41, 5.74) is 5.72. The summed E-state index contributed by atoms with van der Waals surface area (Å²) >= 11 is 0. The summed E-state index contributed by atoms with van der Waals surface area (Å²) in [5.74, 6) is 0.467. The minimum atomic E-state index is -3.29. The number of rotatable bonds is 6. The maximum atomic E-state index is 12.2. The summed E-state index contributed by atoms with van der Waals surface area (Å²) in [4.78, 5) is 0. The molecule has 1 heterocycles. The number of hydrogen-bond acceptors (Lipinski definition) is 3. The molecule has 0 bridgehead atoms. The van der Waals surface area contributed by atoms with Gasteiger partial charge in [0, 0.05) is 19.6 Å². The van der Waals surface area contributed by atoms with E-state index < -0.39 is 10.2 Å². The quantitative estimate of drug-likeness (QED) is 0.748. The van der Waals surface area contributed by atoms with Crippen molar-refractivity contribution in [3.63, 3.8) is 0 Å². The van der Waals surface area contributed by atoms with E-state index in [9.17, 15) is 8.42 Å². The maximum absolute atomic E-state index is 12.2. The molecule has 0 aromatic heterocycles. The zero-order chi connectivity index (χ0) is 13.2. The van der Waals surface area contributed by atoms with E-state index in [2.05, 4.69) is 11.6 Å². The summed E-state index contributed by atoms with van der Waals surface area (Å²) in [5, 5.41) is 0. The third-order valence-corrected chi connectivity index (χ3v) is 5.74. The molecular formula is C12H25N3O2S. The summed E-state index contributed by atoms with van der Waals surface area (Å²) < 4.78 is 28.8. The van der Waals surface area contributed by atoms with Crippen LogP contribution in [0.2, 0.25) is 0 Å². The van der Waals surface area contributed by atoms with Gasteiger partial charge in [0.25, 0.3) is 10.2 Å². The second-order valence-electron chi connectivity index (χ2n) is 5.97. The number of nitrogens with zero attached hydrogens (tertiary/aromatic N) is 1. The van der Waals surface area contributed by atoms with Crippen molar-refractivity contribution in [2.24, 2.45) is 17.1 Å². The number of nitrogens with two attached hydrogens (primary N) is 1. The lowest BCUT2D eigenvalue weighted by atomic mass is 10.0. The van der Waals surface area contributed by atoms with Gasteiger partial charge < -0.3 is 5.73 Å². The van der Waals surface area contributed by atoms with Crippen LogP contribution in [0.4, 0.5) is 0 Å². The van der Waals surface area contributed by atoms with Crippen LogP contribution in [0, 0.1) is 11.3 Å². The lowest BCUT2D eigenvalue weighted by Crippen LogP contribution is -2.47. The second-order valence-corrected chi connectivity index (χ2v) is 7.73. The molecule has 2 rings (SSSR count). The van der Waals surface area contributed by atoms with Gasteiger partial charge in [0.2, 0.25) is 0 Å². The Morgan fingerprint density at radius 2 is 2.17 bits per heavy atom. The zero-order valence-corrected chi connectivity index (χ0v) is 12.0. The molecule has 5 nitrogen and oxygen atoms in total. The van der Waals surface area contributed by atoms with E-state index in [1.54, 1.807) is 4.31 Å².